The Labute approximate surface area is 315 Å². The maximum Gasteiger partial charge on any atom is 0.472 e. The number of phosphoric ester groups is 1. The Hall–Kier alpha value is -2.04. The van der Waals surface area contributed by atoms with Gasteiger partial charge >= 0.3 is 25.7 Å². The van der Waals surface area contributed by atoms with E-state index in [1.165, 1.54) is 70.6 Å². The first kappa shape index (κ1) is 50.0. The van der Waals surface area contributed by atoms with E-state index in [-0.39, 0.29) is 19.4 Å². The largest absolute Gasteiger partial charge is 0.480 e. The third-order valence-corrected chi connectivity index (χ3v) is 9.62. The molecule has 1 unspecified atom stereocenters. The summed E-state index contributed by atoms with van der Waals surface area (Å²) < 4.78 is 32.6. The maximum atomic E-state index is 12.6. The van der Waals surface area contributed by atoms with Gasteiger partial charge in [0.25, 0.3) is 0 Å². The third-order valence-electron chi connectivity index (χ3n) is 8.67. The lowest BCUT2D eigenvalue weighted by atomic mass is 10.1. The average Bonchev–Trinajstić information content (AvgIpc) is 3.12. The molecule has 3 atom stereocenters. The zero-order valence-electron chi connectivity index (χ0n) is 32.7. The summed E-state index contributed by atoms with van der Waals surface area (Å²) in [7, 11) is -4.71. The predicted molar refractivity (Wildman–Crippen MR) is 208 cm³/mol. The van der Waals surface area contributed by atoms with Crippen molar-refractivity contribution in [3.63, 3.8) is 0 Å². The van der Waals surface area contributed by atoms with Crippen molar-refractivity contribution in [3.8, 4) is 0 Å². The Balaban J connectivity index is 4.39. The molecule has 0 saturated heterocycles. The van der Waals surface area contributed by atoms with Crippen LogP contribution in [0.2, 0.25) is 0 Å². The number of carboxylic acids is 1. The first-order valence-electron chi connectivity index (χ1n) is 20.4. The van der Waals surface area contributed by atoms with Gasteiger partial charge in [0.05, 0.1) is 13.2 Å². The molecular weight excluding hydrogens is 685 g/mol. The van der Waals surface area contributed by atoms with Crippen molar-refractivity contribution in [1.29, 1.82) is 0 Å². The highest BCUT2D eigenvalue weighted by molar-refractivity contribution is 7.47. The van der Waals surface area contributed by atoms with Gasteiger partial charge in [0.1, 0.15) is 12.6 Å². The van der Waals surface area contributed by atoms with Gasteiger partial charge in [-0.15, -0.1) is 0 Å². The van der Waals surface area contributed by atoms with E-state index in [4.69, 9.17) is 24.8 Å². The van der Waals surface area contributed by atoms with Crippen molar-refractivity contribution < 1.29 is 47.5 Å². The second-order valence-electron chi connectivity index (χ2n) is 13.8. The summed E-state index contributed by atoms with van der Waals surface area (Å²) in [5, 5.41) is 8.86. The normalized spacial score (nSPS) is 14.1. The number of carboxylic acid groups (broad SMARTS) is 1. The summed E-state index contributed by atoms with van der Waals surface area (Å²) in [6, 6.07) is -1.52. The van der Waals surface area contributed by atoms with Gasteiger partial charge in [0.2, 0.25) is 0 Å². The fraction of sp³-hybridized carbons (Fsp3) is 0.825. The van der Waals surface area contributed by atoms with Gasteiger partial charge < -0.3 is 25.2 Å². The number of hydrogen-bond acceptors (Lipinski definition) is 9. The molecule has 0 heterocycles. The minimum atomic E-state index is -4.71. The fourth-order valence-corrected chi connectivity index (χ4v) is 6.17. The Morgan fingerprint density at radius 1 is 0.577 bits per heavy atom. The van der Waals surface area contributed by atoms with E-state index in [1.807, 2.05) is 0 Å². The van der Waals surface area contributed by atoms with E-state index in [0.717, 1.165) is 70.6 Å². The summed E-state index contributed by atoms with van der Waals surface area (Å²) in [5.74, 6) is -2.39. The second kappa shape index (κ2) is 36.0. The average molecular weight is 760 g/mol. The molecule has 12 heteroatoms. The van der Waals surface area contributed by atoms with Crippen LogP contribution in [0.15, 0.2) is 24.3 Å². The van der Waals surface area contributed by atoms with Crippen molar-refractivity contribution in [1.82, 2.24) is 0 Å². The molecule has 304 valence electrons. The smallest absolute Gasteiger partial charge is 0.472 e. The van der Waals surface area contributed by atoms with Crippen LogP contribution in [0.5, 0.6) is 0 Å². The minimum Gasteiger partial charge on any atom is -0.480 e. The van der Waals surface area contributed by atoms with Crippen molar-refractivity contribution in [2.24, 2.45) is 5.73 Å². The molecule has 0 aliphatic rings. The van der Waals surface area contributed by atoms with Crippen molar-refractivity contribution in [2.75, 3.05) is 19.8 Å². The number of nitrogens with two attached hydrogens (primary N) is 1. The lowest BCUT2D eigenvalue weighted by molar-refractivity contribution is -0.161. The van der Waals surface area contributed by atoms with Gasteiger partial charge in [0.15, 0.2) is 6.10 Å². The molecule has 0 amide bonds. The molecule has 4 N–H and O–H groups in total. The molecule has 0 aliphatic heterocycles. The second-order valence-corrected chi connectivity index (χ2v) is 15.2. The van der Waals surface area contributed by atoms with Gasteiger partial charge in [-0.05, 0) is 57.8 Å². The Bertz CT molecular complexity index is 989. The van der Waals surface area contributed by atoms with Gasteiger partial charge in [0, 0.05) is 12.8 Å². The number of unbranched alkanes of at least 4 members (excludes halogenated alkanes) is 20. The SMILES string of the molecule is CCCC/C=C\CCCCCCCC(=O)OC[C@H](COP(=O)(O)OC[C@H](N)C(=O)O)OC(=O)CCCCCCCCC/C=C\CCCCCCCC. The van der Waals surface area contributed by atoms with E-state index in [2.05, 4.69) is 42.7 Å². The lowest BCUT2D eigenvalue weighted by Crippen LogP contribution is -2.34. The highest BCUT2D eigenvalue weighted by Crippen LogP contribution is 2.43. The van der Waals surface area contributed by atoms with E-state index >= 15 is 0 Å². The number of esters is 2. The lowest BCUT2D eigenvalue weighted by Gasteiger charge is -2.20. The Morgan fingerprint density at radius 2 is 0.981 bits per heavy atom. The molecule has 0 saturated carbocycles. The van der Waals surface area contributed by atoms with E-state index in [1.54, 1.807) is 0 Å². The predicted octanol–water partition coefficient (Wildman–Crippen LogP) is 10.3. The van der Waals surface area contributed by atoms with Crippen LogP contribution in [-0.2, 0) is 37.5 Å². The zero-order chi connectivity index (χ0) is 38.5. The topological polar surface area (TPSA) is 172 Å². The molecule has 52 heavy (non-hydrogen) atoms. The first-order chi connectivity index (χ1) is 25.1. The van der Waals surface area contributed by atoms with Crippen LogP contribution in [0.3, 0.4) is 0 Å². The molecule has 0 fully saturated rings. The molecular formula is C40H74NO10P. The molecule has 0 aromatic rings. The van der Waals surface area contributed by atoms with Gasteiger partial charge in [-0.2, -0.15) is 0 Å². The molecule has 0 bridgehead atoms. The van der Waals surface area contributed by atoms with Crippen LogP contribution in [0.25, 0.3) is 0 Å². The first-order valence-corrected chi connectivity index (χ1v) is 21.9. The summed E-state index contributed by atoms with van der Waals surface area (Å²) in [4.78, 5) is 45.8. The van der Waals surface area contributed by atoms with Gasteiger partial charge in [-0.1, -0.05) is 134 Å². The molecule has 0 spiro atoms. The van der Waals surface area contributed by atoms with E-state index in [0.29, 0.717) is 12.8 Å². The third kappa shape index (κ3) is 35.0. The number of ether oxygens (including phenoxy) is 2. The van der Waals surface area contributed by atoms with Gasteiger partial charge in [-0.3, -0.25) is 23.4 Å². The zero-order valence-corrected chi connectivity index (χ0v) is 33.5. The van der Waals surface area contributed by atoms with E-state index in [9.17, 15) is 23.8 Å². The number of allylic oxidation sites excluding steroid dienone is 4. The summed E-state index contributed by atoms with van der Waals surface area (Å²) >= 11 is 0. The minimum absolute atomic E-state index is 0.156. The molecule has 11 nitrogen and oxygen atoms in total. The maximum absolute atomic E-state index is 12.6. The van der Waals surface area contributed by atoms with Crippen molar-refractivity contribution in [3.05, 3.63) is 24.3 Å². The molecule has 0 aromatic carbocycles. The van der Waals surface area contributed by atoms with Crippen LogP contribution in [0.4, 0.5) is 0 Å². The monoisotopic (exact) mass is 760 g/mol. The fourth-order valence-electron chi connectivity index (χ4n) is 5.39. The molecule has 0 rings (SSSR count). The number of hydrogen-bond donors (Lipinski definition) is 3. The van der Waals surface area contributed by atoms with Gasteiger partial charge in [-0.25, -0.2) is 4.57 Å². The van der Waals surface area contributed by atoms with Crippen LogP contribution >= 0.6 is 7.82 Å². The highest BCUT2D eigenvalue weighted by Gasteiger charge is 2.28. The van der Waals surface area contributed by atoms with Crippen molar-refractivity contribution >= 4 is 25.7 Å². The van der Waals surface area contributed by atoms with Crippen LogP contribution in [0, 0.1) is 0 Å². The van der Waals surface area contributed by atoms with Crippen LogP contribution < -0.4 is 5.73 Å². The number of carbonyl (C=O) groups excluding carboxylic acids is 2. The standard InChI is InChI=1S/C40H74NO10P/c1-3-5-7-9-11-13-15-16-17-18-19-20-22-24-26-28-30-32-39(43)51-36(34-49-52(46,47)50-35-37(41)40(44)45)33-48-38(42)31-29-27-25-23-21-14-12-10-8-6-4-2/h10,12,16-17,36-37H,3-9,11,13-15,18-35,41H2,1-2H3,(H,44,45)(H,46,47)/b12-10-,17-16-/t36-,37+/m1/s1. The number of rotatable bonds is 38. The summed E-state index contributed by atoms with van der Waals surface area (Å²) in [6.45, 7) is 2.74. The molecule has 0 aliphatic carbocycles. The van der Waals surface area contributed by atoms with Crippen molar-refractivity contribution in [2.45, 2.75) is 193 Å². The highest BCUT2D eigenvalue weighted by atomic mass is 31.2. The quantitative estimate of drug-likeness (QED) is 0.0237. The molecule has 0 aromatic heterocycles. The summed E-state index contributed by atoms with van der Waals surface area (Å²) in [5.41, 5.74) is 5.32. The van der Waals surface area contributed by atoms with Crippen LogP contribution in [0.1, 0.15) is 181 Å². The molecule has 0 radical (unpaired) electrons. The Morgan fingerprint density at radius 3 is 1.46 bits per heavy atom. The number of phosphoric acid groups is 1. The number of aliphatic carboxylic acids is 1. The summed E-state index contributed by atoms with van der Waals surface area (Å²) in [6.07, 6.45) is 35.3. The Kier molecular flexibility index (Phi) is 34.6. The van der Waals surface area contributed by atoms with Crippen LogP contribution in [-0.4, -0.2) is 59.9 Å². The van der Waals surface area contributed by atoms with E-state index < -0.39 is 51.1 Å². The number of carbonyl (C=O) groups is 3.